The molecule has 1 aromatic carbocycles. The van der Waals surface area contributed by atoms with Gasteiger partial charge >= 0.3 is 0 Å². The highest BCUT2D eigenvalue weighted by Gasteiger charge is 2.49. The van der Waals surface area contributed by atoms with Crippen molar-refractivity contribution in [2.45, 2.75) is 25.8 Å². The second-order valence-electron chi connectivity index (χ2n) is 7.66. The molecule has 1 atom stereocenters. The van der Waals surface area contributed by atoms with Crippen molar-refractivity contribution < 1.29 is 9.59 Å². The highest BCUT2D eigenvalue weighted by atomic mass is 35.5. The first-order chi connectivity index (χ1) is 13.5. The molecular formula is C21H23ClN4O2. The summed E-state index contributed by atoms with van der Waals surface area (Å²) >= 11 is 6.32. The smallest absolute Gasteiger partial charge is 0.250 e. The van der Waals surface area contributed by atoms with Gasteiger partial charge in [0, 0.05) is 25.8 Å². The first-order valence-corrected chi connectivity index (χ1v) is 9.90. The van der Waals surface area contributed by atoms with Crippen LogP contribution in [0.25, 0.3) is 0 Å². The van der Waals surface area contributed by atoms with Crippen LogP contribution in [0.3, 0.4) is 0 Å². The Bertz CT molecular complexity index is 902. The molecule has 146 valence electrons. The number of hydrogen-bond acceptors (Lipinski definition) is 4. The number of hydrogen-bond donors (Lipinski definition) is 1. The van der Waals surface area contributed by atoms with E-state index in [0.717, 1.165) is 37.2 Å². The van der Waals surface area contributed by atoms with Gasteiger partial charge in [0.05, 0.1) is 27.4 Å². The van der Waals surface area contributed by atoms with Crippen LogP contribution in [0, 0.1) is 5.41 Å². The van der Waals surface area contributed by atoms with E-state index in [1.165, 1.54) is 6.20 Å². The highest BCUT2D eigenvalue weighted by Crippen LogP contribution is 2.43. The Labute approximate surface area is 169 Å². The number of carbonyl (C=O) groups is 2. The second-order valence-corrected chi connectivity index (χ2v) is 8.06. The fourth-order valence-corrected chi connectivity index (χ4v) is 4.59. The van der Waals surface area contributed by atoms with E-state index in [2.05, 4.69) is 9.88 Å². The summed E-state index contributed by atoms with van der Waals surface area (Å²) in [4.78, 5) is 33.0. The molecule has 2 aromatic rings. The molecule has 2 fully saturated rings. The molecule has 2 amide bonds. The topological polar surface area (TPSA) is 79.5 Å². The summed E-state index contributed by atoms with van der Waals surface area (Å²) < 4.78 is 0. The van der Waals surface area contributed by atoms with E-state index < -0.39 is 5.91 Å². The zero-order chi connectivity index (χ0) is 19.7. The molecule has 0 aliphatic carbocycles. The molecule has 0 bridgehead atoms. The molecule has 2 aliphatic heterocycles. The van der Waals surface area contributed by atoms with E-state index in [1.807, 2.05) is 35.2 Å². The van der Waals surface area contributed by atoms with Crippen molar-refractivity contribution in [2.75, 3.05) is 24.5 Å². The van der Waals surface area contributed by atoms with Gasteiger partial charge in [-0.15, -0.1) is 0 Å². The predicted molar refractivity (Wildman–Crippen MR) is 108 cm³/mol. The van der Waals surface area contributed by atoms with Crippen LogP contribution >= 0.6 is 11.6 Å². The van der Waals surface area contributed by atoms with Gasteiger partial charge < -0.3 is 10.6 Å². The number of pyridine rings is 1. The standard InChI is InChI=1S/C21H23ClN4O2/c22-17-4-1-2-5-18(17)26-11-9-21(20(26)28)8-3-10-25(14-21)13-16-7-6-15(12-24-16)19(23)27/h1-2,4-7,12H,3,8-11,13-14H2,(H2,23,27). The zero-order valence-electron chi connectivity index (χ0n) is 15.6. The minimum Gasteiger partial charge on any atom is -0.366 e. The number of anilines is 1. The van der Waals surface area contributed by atoms with Crippen molar-refractivity contribution in [3.8, 4) is 0 Å². The third-order valence-electron chi connectivity index (χ3n) is 5.81. The summed E-state index contributed by atoms with van der Waals surface area (Å²) in [5, 5.41) is 0.610. The van der Waals surface area contributed by atoms with Crippen LogP contribution in [0.5, 0.6) is 0 Å². The van der Waals surface area contributed by atoms with Crippen molar-refractivity contribution in [1.29, 1.82) is 0 Å². The van der Waals surface area contributed by atoms with Crippen LogP contribution in [-0.2, 0) is 11.3 Å². The van der Waals surface area contributed by atoms with Gasteiger partial charge in [0.2, 0.25) is 11.8 Å². The molecule has 1 aromatic heterocycles. The van der Waals surface area contributed by atoms with Gasteiger partial charge in [-0.25, -0.2) is 0 Å². The summed E-state index contributed by atoms with van der Waals surface area (Å²) in [5.41, 5.74) is 6.99. The number of piperidine rings is 1. The van der Waals surface area contributed by atoms with Crippen molar-refractivity contribution in [3.63, 3.8) is 0 Å². The lowest BCUT2D eigenvalue weighted by Gasteiger charge is -2.39. The third-order valence-corrected chi connectivity index (χ3v) is 6.13. The van der Waals surface area contributed by atoms with Crippen molar-refractivity contribution >= 4 is 29.1 Å². The minimum atomic E-state index is -0.479. The minimum absolute atomic E-state index is 0.169. The second kappa shape index (κ2) is 7.53. The Morgan fingerprint density at radius 2 is 2.00 bits per heavy atom. The normalized spacial score (nSPS) is 22.8. The summed E-state index contributed by atoms with van der Waals surface area (Å²) in [5.74, 6) is -0.311. The maximum atomic E-state index is 13.3. The number of nitrogens with zero attached hydrogens (tertiary/aromatic N) is 3. The van der Waals surface area contributed by atoms with Crippen LogP contribution in [0.2, 0.25) is 5.02 Å². The Kier molecular flexibility index (Phi) is 5.08. The number of primary amides is 1. The highest BCUT2D eigenvalue weighted by molar-refractivity contribution is 6.34. The average Bonchev–Trinajstić information content (AvgIpc) is 2.98. The Morgan fingerprint density at radius 3 is 2.71 bits per heavy atom. The van der Waals surface area contributed by atoms with Crippen molar-refractivity contribution in [3.05, 3.63) is 58.9 Å². The van der Waals surface area contributed by atoms with Gasteiger partial charge in [-0.1, -0.05) is 23.7 Å². The number of halogens is 1. The van der Waals surface area contributed by atoms with E-state index in [1.54, 1.807) is 6.07 Å². The molecule has 0 radical (unpaired) electrons. The molecule has 3 heterocycles. The molecule has 28 heavy (non-hydrogen) atoms. The number of aromatic nitrogens is 1. The molecule has 1 spiro atoms. The maximum Gasteiger partial charge on any atom is 0.250 e. The van der Waals surface area contributed by atoms with Crippen LogP contribution in [0.15, 0.2) is 42.6 Å². The van der Waals surface area contributed by atoms with Crippen LogP contribution < -0.4 is 10.6 Å². The Morgan fingerprint density at radius 1 is 1.18 bits per heavy atom. The Hall–Kier alpha value is -2.44. The predicted octanol–water partition coefficient (Wildman–Crippen LogP) is 2.85. The van der Waals surface area contributed by atoms with Crippen LogP contribution in [0.1, 0.15) is 35.3 Å². The lowest BCUT2D eigenvalue weighted by atomic mass is 9.78. The van der Waals surface area contributed by atoms with E-state index in [0.29, 0.717) is 30.2 Å². The summed E-state index contributed by atoms with van der Waals surface area (Å²) in [6.45, 7) is 2.99. The lowest BCUT2D eigenvalue weighted by Crippen LogP contribution is -2.47. The number of nitrogens with two attached hydrogens (primary N) is 1. The molecule has 2 saturated heterocycles. The molecule has 2 N–H and O–H groups in total. The van der Waals surface area contributed by atoms with Crippen LogP contribution in [0.4, 0.5) is 5.69 Å². The van der Waals surface area contributed by atoms with Gasteiger partial charge in [-0.3, -0.25) is 19.5 Å². The quantitative estimate of drug-likeness (QED) is 0.858. The summed E-state index contributed by atoms with van der Waals surface area (Å²) in [6.07, 6.45) is 4.22. The maximum absolute atomic E-state index is 13.3. The van der Waals surface area contributed by atoms with Crippen LogP contribution in [-0.4, -0.2) is 41.3 Å². The largest absolute Gasteiger partial charge is 0.366 e. The first-order valence-electron chi connectivity index (χ1n) is 9.52. The van der Waals surface area contributed by atoms with Crippen molar-refractivity contribution in [2.24, 2.45) is 11.1 Å². The molecule has 4 rings (SSSR count). The van der Waals surface area contributed by atoms with Gasteiger partial charge in [-0.05, 0) is 50.1 Å². The van der Waals surface area contributed by atoms with Gasteiger partial charge in [0.25, 0.3) is 0 Å². The number of rotatable bonds is 4. The van der Waals surface area contributed by atoms with Gasteiger partial charge in [-0.2, -0.15) is 0 Å². The first kappa shape index (κ1) is 18.9. The average molecular weight is 399 g/mol. The fourth-order valence-electron chi connectivity index (χ4n) is 4.35. The molecule has 7 heteroatoms. The molecule has 0 saturated carbocycles. The Balaban J connectivity index is 1.48. The van der Waals surface area contributed by atoms with E-state index >= 15 is 0 Å². The molecule has 1 unspecified atom stereocenters. The molecule has 2 aliphatic rings. The lowest BCUT2D eigenvalue weighted by molar-refractivity contribution is -0.128. The molecular weight excluding hydrogens is 376 g/mol. The van der Waals surface area contributed by atoms with E-state index in [-0.39, 0.29) is 11.3 Å². The number of para-hydroxylation sites is 1. The number of amides is 2. The summed E-state index contributed by atoms with van der Waals surface area (Å²) in [7, 11) is 0. The summed E-state index contributed by atoms with van der Waals surface area (Å²) in [6, 6.07) is 11.0. The van der Waals surface area contributed by atoms with Gasteiger partial charge in [0.15, 0.2) is 0 Å². The zero-order valence-corrected chi connectivity index (χ0v) is 16.4. The fraction of sp³-hybridized carbons (Fsp3) is 0.381. The van der Waals surface area contributed by atoms with Crippen molar-refractivity contribution in [1.82, 2.24) is 9.88 Å². The molecule has 6 nitrogen and oxygen atoms in total. The number of likely N-dealkylation sites (tertiary alicyclic amines) is 1. The monoisotopic (exact) mass is 398 g/mol. The number of benzene rings is 1. The van der Waals surface area contributed by atoms with E-state index in [9.17, 15) is 9.59 Å². The third kappa shape index (κ3) is 3.50. The van der Waals surface area contributed by atoms with Gasteiger partial charge in [0.1, 0.15) is 0 Å². The SMILES string of the molecule is NC(=O)c1ccc(CN2CCCC3(CCN(c4ccccc4Cl)C3=O)C2)nc1. The number of carbonyl (C=O) groups excluding carboxylic acids is 2. The van der Waals surface area contributed by atoms with E-state index in [4.69, 9.17) is 17.3 Å².